The number of ether oxygens (including phenoxy) is 1. The van der Waals surface area contributed by atoms with E-state index in [4.69, 9.17) is 4.74 Å². The van der Waals surface area contributed by atoms with Crippen LogP contribution in [0.3, 0.4) is 0 Å². The van der Waals surface area contributed by atoms with Crippen LogP contribution in [-0.4, -0.2) is 10.9 Å². The number of benzene rings is 2. The largest absolute Gasteiger partial charge is 0.489 e. The fraction of sp³-hybridized carbons (Fsp3) is 0.211. The number of hydrogen-bond acceptors (Lipinski definition) is 3. The minimum Gasteiger partial charge on any atom is -0.489 e. The van der Waals surface area contributed by atoms with Crippen LogP contribution in [-0.2, 0) is 11.4 Å². The van der Waals surface area contributed by atoms with E-state index in [1.165, 1.54) is 11.8 Å². The van der Waals surface area contributed by atoms with Crippen molar-refractivity contribution in [2.75, 3.05) is 5.75 Å². The van der Waals surface area contributed by atoms with Crippen LogP contribution < -0.4 is 4.74 Å². The molecule has 0 atom stereocenters. The molecular weight excluding hydrogens is 292 g/mol. The van der Waals surface area contributed by atoms with E-state index in [0.717, 1.165) is 29.1 Å². The second kappa shape index (κ2) is 9.11. The maximum atomic E-state index is 10.8. The molecule has 0 bridgehead atoms. The van der Waals surface area contributed by atoms with Crippen molar-refractivity contribution in [1.82, 2.24) is 0 Å². The quantitative estimate of drug-likeness (QED) is 0.677. The minimum absolute atomic E-state index is 0.171. The molecule has 0 aliphatic rings. The van der Waals surface area contributed by atoms with E-state index in [-0.39, 0.29) is 5.12 Å². The van der Waals surface area contributed by atoms with Gasteiger partial charge in [-0.15, -0.1) is 0 Å². The molecule has 0 aliphatic heterocycles. The molecule has 0 heterocycles. The molecule has 0 unspecified atom stereocenters. The average molecular weight is 312 g/mol. The molecule has 22 heavy (non-hydrogen) atoms. The Hall–Kier alpha value is -2.00. The van der Waals surface area contributed by atoms with Crippen LogP contribution in [0.15, 0.2) is 60.7 Å². The van der Waals surface area contributed by atoms with Gasteiger partial charge in [0.15, 0.2) is 5.12 Å². The monoisotopic (exact) mass is 312 g/mol. The molecule has 114 valence electrons. The zero-order valence-electron chi connectivity index (χ0n) is 12.7. The molecule has 2 nitrogen and oxygen atoms in total. The van der Waals surface area contributed by atoms with Gasteiger partial charge in [-0.2, -0.15) is 0 Å². The van der Waals surface area contributed by atoms with Gasteiger partial charge in [0.05, 0.1) is 0 Å². The van der Waals surface area contributed by atoms with Gasteiger partial charge in [-0.05, 0) is 29.7 Å². The van der Waals surface area contributed by atoms with Gasteiger partial charge in [0.25, 0.3) is 0 Å². The number of carbonyl (C=O) groups is 1. The van der Waals surface area contributed by atoms with E-state index in [2.05, 4.69) is 24.3 Å². The van der Waals surface area contributed by atoms with E-state index in [1.807, 2.05) is 42.5 Å². The molecule has 2 aromatic carbocycles. The summed E-state index contributed by atoms with van der Waals surface area (Å²) in [4.78, 5) is 10.8. The number of hydrogen-bond donors (Lipinski definition) is 0. The maximum Gasteiger partial charge on any atom is 0.185 e. The van der Waals surface area contributed by atoms with Crippen molar-refractivity contribution in [3.8, 4) is 5.75 Å². The fourth-order valence-corrected chi connectivity index (χ4v) is 2.48. The topological polar surface area (TPSA) is 26.3 Å². The molecule has 0 spiro atoms. The average Bonchev–Trinajstić information content (AvgIpc) is 2.54. The summed E-state index contributed by atoms with van der Waals surface area (Å²) < 4.78 is 5.81. The summed E-state index contributed by atoms with van der Waals surface area (Å²) in [7, 11) is 0. The molecule has 0 aromatic heterocycles. The van der Waals surface area contributed by atoms with Gasteiger partial charge in [-0.3, -0.25) is 4.79 Å². The van der Waals surface area contributed by atoms with Crippen LogP contribution in [0.1, 0.15) is 24.5 Å². The summed E-state index contributed by atoms with van der Waals surface area (Å²) in [6.07, 6.45) is 5.04. The molecule has 2 aromatic rings. The van der Waals surface area contributed by atoms with Gasteiger partial charge in [0, 0.05) is 12.7 Å². The first kappa shape index (κ1) is 16.4. The SMILES string of the molecule is CC(=O)SCCC=Cc1cccc(OCc2ccccc2)c1. The first-order valence-corrected chi connectivity index (χ1v) is 8.29. The predicted molar refractivity (Wildman–Crippen MR) is 94.0 cm³/mol. The van der Waals surface area contributed by atoms with Gasteiger partial charge in [-0.25, -0.2) is 0 Å². The molecule has 0 amide bonds. The van der Waals surface area contributed by atoms with Gasteiger partial charge in [0.2, 0.25) is 0 Å². The first-order chi connectivity index (χ1) is 10.7. The van der Waals surface area contributed by atoms with Crippen molar-refractivity contribution < 1.29 is 9.53 Å². The third-order valence-electron chi connectivity index (χ3n) is 3.01. The van der Waals surface area contributed by atoms with Crippen LogP contribution in [0.4, 0.5) is 0 Å². The molecule has 3 heteroatoms. The van der Waals surface area contributed by atoms with Gasteiger partial charge >= 0.3 is 0 Å². The Morgan fingerprint density at radius 2 is 1.95 bits per heavy atom. The van der Waals surface area contributed by atoms with Crippen LogP contribution in [0.5, 0.6) is 5.75 Å². The Bertz CT molecular complexity index is 620. The summed E-state index contributed by atoms with van der Waals surface area (Å²) in [5, 5.41) is 0.171. The van der Waals surface area contributed by atoms with Crippen LogP contribution in [0.2, 0.25) is 0 Å². The van der Waals surface area contributed by atoms with E-state index in [1.54, 1.807) is 6.92 Å². The Labute approximate surface area is 136 Å². The fourth-order valence-electron chi connectivity index (χ4n) is 1.94. The summed E-state index contributed by atoms with van der Waals surface area (Å²) in [5.41, 5.74) is 2.27. The third-order valence-corrected chi connectivity index (χ3v) is 3.85. The Morgan fingerprint density at radius 3 is 2.73 bits per heavy atom. The zero-order chi connectivity index (χ0) is 15.6. The first-order valence-electron chi connectivity index (χ1n) is 7.31. The molecular formula is C19H20O2S. The molecule has 2 rings (SSSR count). The standard InChI is InChI=1S/C19H20O2S/c1-16(20)22-13-6-5-8-17-11-7-12-19(14-17)21-15-18-9-3-2-4-10-18/h2-5,7-12,14H,6,13,15H2,1H3. The van der Waals surface area contributed by atoms with E-state index in [0.29, 0.717) is 6.61 Å². The Kier molecular flexibility index (Phi) is 6.78. The zero-order valence-corrected chi connectivity index (χ0v) is 13.5. The van der Waals surface area contributed by atoms with Crippen molar-refractivity contribution in [2.24, 2.45) is 0 Å². The van der Waals surface area contributed by atoms with Gasteiger partial charge < -0.3 is 4.74 Å². The van der Waals surface area contributed by atoms with Crippen molar-refractivity contribution in [3.05, 3.63) is 71.8 Å². The van der Waals surface area contributed by atoms with Crippen LogP contribution in [0, 0.1) is 0 Å². The molecule has 0 saturated carbocycles. The minimum atomic E-state index is 0.171. The highest BCUT2D eigenvalue weighted by atomic mass is 32.2. The summed E-state index contributed by atoms with van der Waals surface area (Å²) in [6, 6.07) is 18.2. The second-order valence-electron chi connectivity index (χ2n) is 4.88. The lowest BCUT2D eigenvalue weighted by Gasteiger charge is -2.06. The predicted octanol–water partition coefficient (Wildman–Crippen LogP) is 4.95. The second-order valence-corrected chi connectivity index (χ2v) is 6.15. The van der Waals surface area contributed by atoms with E-state index in [9.17, 15) is 4.79 Å². The smallest absolute Gasteiger partial charge is 0.185 e. The van der Waals surface area contributed by atoms with Crippen molar-refractivity contribution in [3.63, 3.8) is 0 Å². The summed E-state index contributed by atoms with van der Waals surface area (Å²) >= 11 is 1.36. The number of allylic oxidation sites excluding steroid dienone is 1. The summed E-state index contributed by atoms with van der Waals surface area (Å²) in [6.45, 7) is 2.17. The Balaban J connectivity index is 1.84. The molecule has 0 N–H and O–H groups in total. The highest BCUT2D eigenvalue weighted by Gasteiger charge is 1.97. The van der Waals surface area contributed by atoms with Crippen LogP contribution >= 0.6 is 11.8 Å². The highest BCUT2D eigenvalue weighted by Crippen LogP contribution is 2.16. The lowest BCUT2D eigenvalue weighted by atomic mass is 10.2. The lowest BCUT2D eigenvalue weighted by Crippen LogP contribution is -1.94. The number of thioether (sulfide) groups is 1. The maximum absolute atomic E-state index is 10.8. The van der Waals surface area contributed by atoms with E-state index >= 15 is 0 Å². The molecule has 0 aliphatic carbocycles. The van der Waals surface area contributed by atoms with Gasteiger partial charge in [0.1, 0.15) is 12.4 Å². The van der Waals surface area contributed by atoms with Gasteiger partial charge in [-0.1, -0.05) is 66.4 Å². The van der Waals surface area contributed by atoms with Crippen molar-refractivity contribution >= 4 is 23.0 Å². The number of rotatable bonds is 7. The van der Waals surface area contributed by atoms with Crippen molar-refractivity contribution in [2.45, 2.75) is 20.0 Å². The van der Waals surface area contributed by atoms with E-state index < -0.39 is 0 Å². The third kappa shape index (κ3) is 6.19. The van der Waals surface area contributed by atoms with Crippen molar-refractivity contribution in [1.29, 1.82) is 0 Å². The molecule has 0 fully saturated rings. The molecule has 0 radical (unpaired) electrons. The number of carbonyl (C=O) groups excluding carboxylic acids is 1. The summed E-state index contributed by atoms with van der Waals surface area (Å²) in [5.74, 6) is 1.69. The highest BCUT2D eigenvalue weighted by molar-refractivity contribution is 8.13. The lowest BCUT2D eigenvalue weighted by molar-refractivity contribution is -0.109. The Morgan fingerprint density at radius 1 is 1.14 bits per heavy atom. The molecule has 0 saturated heterocycles. The normalized spacial score (nSPS) is 10.8. The van der Waals surface area contributed by atoms with Crippen LogP contribution in [0.25, 0.3) is 6.08 Å².